The monoisotopic (exact) mass is 317 g/mol. The van der Waals surface area contributed by atoms with E-state index in [1.165, 1.54) is 12.8 Å². The quantitative estimate of drug-likeness (QED) is 0.815. The zero-order valence-electron chi connectivity index (χ0n) is 14.0. The van der Waals surface area contributed by atoms with Crippen LogP contribution in [0.15, 0.2) is 18.2 Å². The lowest BCUT2D eigenvalue weighted by atomic mass is 9.84. The molecule has 126 valence electrons. The molecule has 1 aromatic rings. The van der Waals surface area contributed by atoms with Crippen LogP contribution < -0.4 is 14.8 Å². The molecule has 1 aliphatic heterocycles. The van der Waals surface area contributed by atoms with Crippen LogP contribution in [0, 0.1) is 5.92 Å². The molecule has 3 rings (SSSR count). The summed E-state index contributed by atoms with van der Waals surface area (Å²) in [5.74, 6) is 2.11. The van der Waals surface area contributed by atoms with E-state index in [9.17, 15) is 4.79 Å². The zero-order chi connectivity index (χ0) is 16.1. The van der Waals surface area contributed by atoms with Crippen molar-refractivity contribution in [2.45, 2.75) is 51.4 Å². The van der Waals surface area contributed by atoms with Crippen molar-refractivity contribution >= 4 is 5.91 Å². The van der Waals surface area contributed by atoms with Gasteiger partial charge in [0, 0.05) is 6.54 Å². The molecule has 1 saturated carbocycles. The van der Waals surface area contributed by atoms with Crippen LogP contribution in [0.4, 0.5) is 0 Å². The second-order valence-corrected chi connectivity index (χ2v) is 6.57. The summed E-state index contributed by atoms with van der Waals surface area (Å²) >= 11 is 0. The Morgan fingerprint density at radius 1 is 1.22 bits per heavy atom. The first-order chi connectivity index (χ1) is 11.3. The molecule has 1 heterocycles. The van der Waals surface area contributed by atoms with Gasteiger partial charge in [0.05, 0.1) is 5.92 Å². The molecule has 1 unspecified atom stereocenters. The first-order valence-electron chi connectivity index (χ1n) is 8.97. The molecule has 1 aliphatic carbocycles. The lowest BCUT2D eigenvalue weighted by molar-refractivity contribution is -0.123. The molecule has 0 radical (unpaired) electrons. The Labute approximate surface area is 138 Å². The van der Waals surface area contributed by atoms with Crippen LogP contribution in [0.3, 0.4) is 0 Å². The molecule has 1 atom stereocenters. The summed E-state index contributed by atoms with van der Waals surface area (Å²) in [6.45, 7) is 4.08. The van der Waals surface area contributed by atoms with Gasteiger partial charge in [0.2, 0.25) is 5.91 Å². The zero-order valence-corrected chi connectivity index (χ0v) is 14.0. The average Bonchev–Trinajstić information content (AvgIpc) is 3.09. The lowest BCUT2D eigenvalue weighted by Gasteiger charge is -2.25. The summed E-state index contributed by atoms with van der Waals surface area (Å²) in [6, 6.07) is 6.00. The van der Waals surface area contributed by atoms with Crippen LogP contribution in [0.1, 0.15) is 56.9 Å². The third-order valence-electron chi connectivity index (χ3n) is 4.91. The molecule has 4 nitrogen and oxygen atoms in total. The van der Waals surface area contributed by atoms with E-state index in [2.05, 4.69) is 12.2 Å². The Bertz CT molecular complexity index is 537. The summed E-state index contributed by atoms with van der Waals surface area (Å²) < 4.78 is 11.3. The van der Waals surface area contributed by atoms with E-state index in [0.29, 0.717) is 19.1 Å². The lowest BCUT2D eigenvalue weighted by Crippen LogP contribution is -2.33. The number of carbonyl (C=O) groups excluding carboxylic acids is 1. The van der Waals surface area contributed by atoms with Gasteiger partial charge in [0.25, 0.3) is 0 Å². The number of hydrogen-bond acceptors (Lipinski definition) is 3. The van der Waals surface area contributed by atoms with Crippen molar-refractivity contribution in [3.63, 3.8) is 0 Å². The Balaban J connectivity index is 1.80. The standard InChI is InChI=1S/C19H27NO3/c1-2-3-10-20-19(21)18(14-6-4-5-7-14)15-8-9-16-17(13-15)23-12-11-22-16/h8-9,13-14,18H,2-7,10-12H2,1H3,(H,20,21). The molecule has 1 fully saturated rings. The molecular formula is C19H27NO3. The van der Waals surface area contributed by atoms with Gasteiger partial charge in [0.15, 0.2) is 11.5 Å². The third kappa shape index (κ3) is 3.80. The Morgan fingerprint density at radius 3 is 2.70 bits per heavy atom. The number of unbranched alkanes of at least 4 members (excludes halogenated alkanes) is 1. The van der Waals surface area contributed by atoms with Gasteiger partial charge in [-0.1, -0.05) is 32.3 Å². The van der Waals surface area contributed by atoms with E-state index < -0.39 is 0 Å². The highest BCUT2D eigenvalue weighted by Gasteiger charge is 2.32. The SMILES string of the molecule is CCCCNC(=O)C(c1ccc2c(c1)OCCO2)C1CCCC1. The summed E-state index contributed by atoms with van der Waals surface area (Å²) in [4.78, 5) is 12.8. The predicted octanol–water partition coefficient (Wildman–Crippen LogP) is 3.65. The molecule has 0 bridgehead atoms. The summed E-state index contributed by atoms with van der Waals surface area (Å²) in [5, 5.41) is 3.13. The molecule has 0 saturated heterocycles. The molecule has 1 amide bonds. The molecular weight excluding hydrogens is 290 g/mol. The average molecular weight is 317 g/mol. The van der Waals surface area contributed by atoms with Gasteiger partial charge < -0.3 is 14.8 Å². The van der Waals surface area contributed by atoms with Crippen LogP contribution in [-0.4, -0.2) is 25.7 Å². The van der Waals surface area contributed by atoms with Crippen molar-refractivity contribution in [1.29, 1.82) is 0 Å². The fourth-order valence-electron chi connectivity index (χ4n) is 3.68. The Kier molecular flexibility index (Phi) is 5.42. The normalized spacial score (nSPS) is 18.7. The number of rotatable bonds is 6. The number of ether oxygens (including phenoxy) is 2. The van der Waals surface area contributed by atoms with Crippen LogP contribution in [-0.2, 0) is 4.79 Å². The second kappa shape index (κ2) is 7.71. The number of carbonyl (C=O) groups is 1. The summed E-state index contributed by atoms with van der Waals surface area (Å²) in [6.07, 6.45) is 6.87. The Morgan fingerprint density at radius 2 is 1.96 bits per heavy atom. The maximum atomic E-state index is 12.8. The molecule has 0 aromatic heterocycles. The summed E-state index contributed by atoms with van der Waals surface area (Å²) in [7, 11) is 0. The second-order valence-electron chi connectivity index (χ2n) is 6.57. The van der Waals surface area contributed by atoms with E-state index in [1.54, 1.807) is 0 Å². The highest BCUT2D eigenvalue weighted by Crippen LogP contribution is 2.40. The molecule has 1 aromatic carbocycles. The smallest absolute Gasteiger partial charge is 0.227 e. The minimum atomic E-state index is -0.0646. The third-order valence-corrected chi connectivity index (χ3v) is 4.91. The highest BCUT2D eigenvalue weighted by molar-refractivity contribution is 5.84. The van der Waals surface area contributed by atoms with Gasteiger partial charge in [-0.3, -0.25) is 4.79 Å². The number of benzene rings is 1. The van der Waals surface area contributed by atoms with Gasteiger partial charge in [-0.15, -0.1) is 0 Å². The molecule has 23 heavy (non-hydrogen) atoms. The maximum Gasteiger partial charge on any atom is 0.227 e. The molecule has 4 heteroatoms. The largest absolute Gasteiger partial charge is 0.486 e. The van der Waals surface area contributed by atoms with Crippen LogP contribution in [0.2, 0.25) is 0 Å². The topological polar surface area (TPSA) is 47.6 Å². The maximum absolute atomic E-state index is 12.8. The summed E-state index contributed by atoms with van der Waals surface area (Å²) in [5.41, 5.74) is 1.06. The molecule has 0 spiro atoms. The predicted molar refractivity (Wildman–Crippen MR) is 90.0 cm³/mol. The van der Waals surface area contributed by atoms with Crippen LogP contribution in [0.5, 0.6) is 11.5 Å². The number of amides is 1. The van der Waals surface area contributed by atoms with Gasteiger partial charge in [-0.25, -0.2) is 0 Å². The molecule has 2 aliphatic rings. The Hall–Kier alpha value is -1.71. The van der Waals surface area contributed by atoms with Gasteiger partial charge in [0.1, 0.15) is 13.2 Å². The van der Waals surface area contributed by atoms with E-state index in [4.69, 9.17) is 9.47 Å². The fourth-order valence-corrected chi connectivity index (χ4v) is 3.68. The highest BCUT2D eigenvalue weighted by atomic mass is 16.6. The van der Waals surface area contributed by atoms with Crippen molar-refractivity contribution in [2.24, 2.45) is 5.92 Å². The van der Waals surface area contributed by atoms with Crippen LogP contribution >= 0.6 is 0 Å². The van der Waals surface area contributed by atoms with Gasteiger partial charge >= 0.3 is 0 Å². The van der Waals surface area contributed by atoms with Gasteiger partial charge in [-0.2, -0.15) is 0 Å². The minimum Gasteiger partial charge on any atom is -0.486 e. The van der Waals surface area contributed by atoms with Crippen LogP contribution in [0.25, 0.3) is 0 Å². The van der Waals surface area contributed by atoms with E-state index in [1.807, 2.05) is 18.2 Å². The number of fused-ring (bicyclic) bond motifs is 1. The van der Waals surface area contributed by atoms with E-state index >= 15 is 0 Å². The van der Waals surface area contributed by atoms with Crippen molar-refractivity contribution in [3.05, 3.63) is 23.8 Å². The minimum absolute atomic E-state index is 0.0646. The van der Waals surface area contributed by atoms with Crippen molar-refractivity contribution in [1.82, 2.24) is 5.32 Å². The first kappa shape index (κ1) is 16.2. The van der Waals surface area contributed by atoms with Gasteiger partial charge in [-0.05, 0) is 42.9 Å². The van der Waals surface area contributed by atoms with E-state index in [0.717, 1.165) is 49.3 Å². The number of hydrogen-bond donors (Lipinski definition) is 1. The first-order valence-corrected chi connectivity index (χ1v) is 8.97. The number of nitrogens with one attached hydrogen (secondary N) is 1. The van der Waals surface area contributed by atoms with Crippen molar-refractivity contribution in [2.75, 3.05) is 19.8 Å². The van der Waals surface area contributed by atoms with Crippen molar-refractivity contribution < 1.29 is 14.3 Å². The van der Waals surface area contributed by atoms with Crippen molar-refractivity contribution in [3.8, 4) is 11.5 Å². The molecule has 1 N–H and O–H groups in total. The fraction of sp³-hybridized carbons (Fsp3) is 0.632. The van der Waals surface area contributed by atoms with E-state index in [-0.39, 0.29) is 11.8 Å².